The summed E-state index contributed by atoms with van der Waals surface area (Å²) < 4.78 is 0. The molecule has 1 aromatic rings. The van der Waals surface area contributed by atoms with Gasteiger partial charge in [-0.15, -0.1) is 0 Å². The molecule has 6 heteroatoms. The number of nitrogens with zero attached hydrogens (tertiary/aromatic N) is 1. The zero-order chi connectivity index (χ0) is 15.3. The molecule has 1 aromatic carbocycles. The summed E-state index contributed by atoms with van der Waals surface area (Å²) in [5, 5.41) is 15.6. The lowest BCUT2D eigenvalue weighted by atomic mass is 9.80. The van der Waals surface area contributed by atoms with E-state index in [0.29, 0.717) is 17.9 Å². The molecular weight excluding hydrogens is 290 g/mol. The van der Waals surface area contributed by atoms with Crippen molar-refractivity contribution in [3.05, 3.63) is 34.9 Å². The number of hydrogen-bond donors (Lipinski definition) is 3. The van der Waals surface area contributed by atoms with Gasteiger partial charge in [-0.2, -0.15) is 0 Å². The van der Waals surface area contributed by atoms with Gasteiger partial charge in [-0.1, -0.05) is 54.2 Å². The van der Waals surface area contributed by atoms with Crippen molar-refractivity contribution in [3.63, 3.8) is 0 Å². The Morgan fingerprint density at radius 3 is 2.62 bits per heavy atom. The van der Waals surface area contributed by atoms with E-state index in [-0.39, 0.29) is 18.2 Å². The Bertz CT molecular complexity index is 539. The zero-order valence-electron chi connectivity index (χ0n) is 11.8. The summed E-state index contributed by atoms with van der Waals surface area (Å²) in [6.45, 7) is 0. The first-order valence-electron chi connectivity index (χ1n) is 7.10. The van der Waals surface area contributed by atoms with Gasteiger partial charge in [-0.3, -0.25) is 4.79 Å². The molecule has 0 heterocycles. The van der Waals surface area contributed by atoms with Crippen LogP contribution in [0.1, 0.15) is 37.7 Å². The summed E-state index contributed by atoms with van der Waals surface area (Å²) in [6, 6.07) is 7.24. The minimum atomic E-state index is -0.731. The van der Waals surface area contributed by atoms with E-state index in [4.69, 9.17) is 22.5 Å². The van der Waals surface area contributed by atoms with Crippen LogP contribution in [0, 0.1) is 0 Å². The summed E-state index contributed by atoms with van der Waals surface area (Å²) >= 11 is 6.07. The van der Waals surface area contributed by atoms with Crippen LogP contribution in [0.2, 0.25) is 5.02 Å². The lowest BCUT2D eigenvalue weighted by Crippen LogP contribution is -2.58. The van der Waals surface area contributed by atoms with E-state index in [2.05, 4.69) is 10.5 Å². The first-order chi connectivity index (χ1) is 10.1. The fourth-order valence-corrected chi connectivity index (χ4v) is 3.02. The highest BCUT2D eigenvalue weighted by Gasteiger charge is 2.38. The second kappa shape index (κ2) is 6.80. The molecule has 21 heavy (non-hydrogen) atoms. The molecule has 4 N–H and O–H groups in total. The number of amides is 1. The van der Waals surface area contributed by atoms with Gasteiger partial charge in [0.25, 0.3) is 0 Å². The number of nitrogens with two attached hydrogens (primary N) is 1. The van der Waals surface area contributed by atoms with Crippen LogP contribution in [0.4, 0.5) is 0 Å². The Hall–Kier alpha value is -1.75. The van der Waals surface area contributed by atoms with E-state index in [0.717, 1.165) is 24.8 Å². The molecule has 1 amide bonds. The number of carbonyl (C=O) groups excluding carboxylic acids is 1. The van der Waals surface area contributed by atoms with Crippen LogP contribution in [-0.4, -0.2) is 22.5 Å². The van der Waals surface area contributed by atoms with Crippen molar-refractivity contribution >= 4 is 23.3 Å². The van der Waals surface area contributed by atoms with Gasteiger partial charge in [0.05, 0.1) is 6.42 Å². The van der Waals surface area contributed by atoms with Gasteiger partial charge in [0.1, 0.15) is 5.54 Å². The minimum Gasteiger partial charge on any atom is -0.409 e. The molecule has 2 rings (SSSR count). The van der Waals surface area contributed by atoms with Crippen LogP contribution in [0.5, 0.6) is 0 Å². The number of amidine groups is 1. The molecule has 0 saturated heterocycles. The molecule has 0 unspecified atom stereocenters. The van der Waals surface area contributed by atoms with E-state index >= 15 is 0 Å². The molecule has 0 aliphatic heterocycles. The number of oxime groups is 1. The Kier molecular flexibility index (Phi) is 5.07. The monoisotopic (exact) mass is 309 g/mol. The minimum absolute atomic E-state index is 0.0784. The summed E-state index contributed by atoms with van der Waals surface area (Å²) in [5.41, 5.74) is 5.85. The maximum absolute atomic E-state index is 12.3. The average molecular weight is 310 g/mol. The Labute approximate surface area is 129 Å². The molecular formula is C15H20ClN3O2. The predicted octanol–water partition coefficient (Wildman–Crippen LogP) is 2.45. The summed E-state index contributed by atoms with van der Waals surface area (Å²) in [6.07, 6.45) is 4.56. The summed E-state index contributed by atoms with van der Waals surface area (Å²) in [4.78, 5) is 12.3. The Morgan fingerprint density at radius 1 is 1.33 bits per heavy atom. The molecule has 0 spiro atoms. The summed E-state index contributed by atoms with van der Waals surface area (Å²) in [5.74, 6) is -0.0914. The molecule has 0 radical (unpaired) electrons. The topological polar surface area (TPSA) is 87.7 Å². The first kappa shape index (κ1) is 15.6. The molecule has 114 valence electrons. The van der Waals surface area contributed by atoms with Gasteiger partial charge in [-0.05, 0) is 24.5 Å². The van der Waals surface area contributed by atoms with E-state index in [1.807, 2.05) is 18.2 Å². The lowest BCUT2D eigenvalue weighted by molar-refractivity contribution is -0.122. The van der Waals surface area contributed by atoms with Gasteiger partial charge in [-0.25, -0.2) is 0 Å². The van der Waals surface area contributed by atoms with Crippen molar-refractivity contribution in [2.75, 3.05) is 0 Å². The largest absolute Gasteiger partial charge is 0.409 e. The SMILES string of the molecule is N/C(=N/O)C1(NC(=O)Cc2ccccc2Cl)CCCCC1. The van der Waals surface area contributed by atoms with E-state index in [1.54, 1.807) is 6.07 Å². The van der Waals surface area contributed by atoms with Crippen molar-refractivity contribution < 1.29 is 10.0 Å². The maximum atomic E-state index is 12.3. The highest BCUT2D eigenvalue weighted by atomic mass is 35.5. The lowest BCUT2D eigenvalue weighted by Gasteiger charge is -2.36. The van der Waals surface area contributed by atoms with Crippen LogP contribution in [0.25, 0.3) is 0 Å². The molecule has 0 atom stereocenters. The molecule has 5 nitrogen and oxygen atoms in total. The smallest absolute Gasteiger partial charge is 0.225 e. The number of benzene rings is 1. The zero-order valence-corrected chi connectivity index (χ0v) is 12.6. The fourth-order valence-electron chi connectivity index (χ4n) is 2.82. The van der Waals surface area contributed by atoms with Crippen LogP contribution in [0.15, 0.2) is 29.4 Å². The van der Waals surface area contributed by atoms with E-state index in [1.165, 1.54) is 0 Å². The third kappa shape index (κ3) is 3.67. The van der Waals surface area contributed by atoms with Crippen LogP contribution < -0.4 is 11.1 Å². The van der Waals surface area contributed by atoms with Gasteiger partial charge in [0.15, 0.2) is 5.84 Å². The van der Waals surface area contributed by atoms with Crippen LogP contribution in [-0.2, 0) is 11.2 Å². The third-order valence-electron chi connectivity index (χ3n) is 3.99. The predicted molar refractivity (Wildman–Crippen MR) is 82.5 cm³/mol. The molecule has 1 saturated carbocycles. The number of rotatable bonds is 4. The highest BCUT2D eigenvalue weighted by Crippen LogP contribution is 2.28. The van der Waals surface area contributed by atoms with E-state index < -0.39 is 5.54 Å². The van der Waals surface area contributed by atoms with Gasteiger partial charge in [0, 0.05) is 5.02 Å². The second-order valence-electron chi connectivity index (χ2n) is 5.44. The van der Waals surface area contributed by atoms with Crippen molar-refractivity contribution in [3.8, 4) is 0 Å². The number of halogens is 1. The van der Waals surface area contributed by atoms with Crippen molar-refractivity contribution in [1.29, 1.82) is 0 Å². The molecule has 1 fully saturated rings. The number of carbonyl (C=O) groups is 1. The van der Waals surface area contributed by atoms with E-state index in [9.17, 15) is 4.79 Å². The first-order valence-corrected chi connectivity index (χ1v) is 7.47. The summed E-state index contributed by atoms with van der Waals surface area (Å²) in [7, 11) is 0. The number of nitrogens with one attached hydrogen (secondary N) is 1. The molecule has 1 aliphatic rings. The highest BCUT2D eigenvalue weighted by molar-refractivity contribution is 6.31. The molecule has 0 aromatic heterocycles. The van der Waals surface area contributed by atoms with Gasteiger partial charge in [0.2, 0.25) is 5.91 Å². The van der Waals surface area contributed by atoms with Crippen LogP contribution in [0.3, 0.4) is 0 Å². The van der Waals surface area contributed by atoms with Crippen molar-refractivity contribution in [2.24, 2.45) is 10.9 Å². The van der Waals surface area contributed by atoms with Crippen molar-refractivity contribution in [1.82, 2.24) is 5.32 Å². The molecule has 1 aliphatic carbocycles. The molecule has 0 bridgehead atoms. The van der Waals surface area contributed by atoms with Gasteiger partial charge >= 0.3 is 0 Å². The fraction of sp³-hybridized carbons (Fsp3) is 0.467. The Morgan fingerprint density at radius 2 is 2.00 bits per heavy atom. The Balaban J connectivity index is 2.10. The quantitative estimate of drug-likeness (QED) is 0.345. The van der Waals surface area contributed by atoms with Crippen LogP contribution >= 0.6 is 11.6 Å². The average Bonchev–Trinajstić information content (AvgIpc) is 2.49. The number of hydrogen-bond acceptors (Lipinski definition) is 3. The van der Waals surface area contributed by atoms with Gasteiger partial charge < -0.3 is 16.3 Å². The third-order valence-corrected chi connectivity index (χ3v) is 4.36. The normalized spacial score (nSPS) is 18.2. The second-order valence-corrected chi connectivity index (χ2v) is 5.85. The standard InChI is InChI=1S/C15H20ClN3O2/c16-12-7-3-2-6-11(12)10-13(20)18-15(14(17)19-21)8-4-1-5-9-15/h2-3,6-7,21H,1,4-5,8-10H2,(H2,17,19)(H,18,20). The maximum Gasteiger partial charge on any atom is 0.225 e. The van der Waals surface area contributed by atoms with Crippen molar-refractivity contribution in [2.45, 2.75) is 44.1 Å².